The summed E-state index contributed by atoms with van der Waals surface area (Å²) in [4.78, 5) is 22.9. The van der Waals surface area contributed by atoms with E-state index in [0.29, 0.717) is 5.69 Å². The number of nitrogens with two attached hydrogens (primary N) is 1. The predicted octanol–water partition coefficient (Wildman–Crippen LogP) is 1.83. The molecule has 2 aromatic heterocycles. The van der Waals surface area contributed by atoms with Crippen LogP contribution in [0.5, 0.6) is 0 Å². The number of hydrogen-bond donors (Lipinski definition) is 1. The fraction of sp³-hybridized carbons (Fsp3) is 0.308. The molecule has 0 radical (unpaired) electrons. The van der Waals surface area contributed by atoms with Crippen molar-refractivity contribution < 1.29 is 4.92 Å². The molecule has 0 bridgehead atoms. The van der Waals surface area contributed by atoms with Gasteiger partial charge in [0.1, 0.15) is 11.9 Å². The number of rotatable bonds is 2. The van der Waals surface area contributed by atoms with E-state index in [0.717, 1.165) is 30.5 Å². The zero-order chi connectivity index (χ0) is 14.1. The van der Waals surface area contributed by atoms with Gasteiger partial charge in [0.2, 0.25) is 5.95 Å². The average molecular weight is 271 g/mol. The highest BCUT2D eigenvalue weighted by atomic mass is 16.6. The van der Waals surface area contributed by atoms with Crippen molar-refractivity contribution in [2.75, 3.05) is 5.73 Å². The molecule has 0 spiro atoms. The first-order chi connectivity index (χ1) is 9.66. The van der Waals surface area contributed by atoms with Gasteiger partial charge in [0.25, 0.3) is 0 Å². The normalized spacial score (nSPS) is 17.5. The summed E-state index contributed by atoms with van der Waals surface area (Å²) in [5, 5.41) is 11.2. The minimum atomic E-state index is -0.466. The Morgan fingerprint density at radius 3 is 3.00 bits per heavy atom. The van der Waals surface area contributed by atoms with Crippen molar-refractivity contribution in [3.8, 4) is 0 Å². The molecular formula is C13H13N5O2. The molecule has 2 heterocycles. The second kappa shape index (κ2) is 4.84. The average Bonchev–Trinajstić information content (AvgIpc) is 2.46. The van der Waals surface area contributed by atoms with E-state index in [1.54, 1.807) is 6.20 Å². The molecule has 7 heteroatoms. The van der Waals surface area contributed by atoms with Gasteiger partial charge in [-0.1, -0.05) is 6.07 Å². The van der Waals surface area contributed by atoms with Crippen molar-refractivity contribution in [3.63, 3.8) is 0 Å². The zero-order valence-corrected chi connectivity index (χ0v) is 10.7. The molecule has 20 heavy (non-hydrogen) atoms. The number of anilines is 1. The van der Waals surface area contributed by atoms with Crippen LogP contribution in [0.25, 0.3) is 0 Å². The van der Waals surface area contributed by atoms with E-state index in [1.807, 2.05) is 12.1 Å². The third-order valence-corrected chi connectivity index (χ3v) is 3.54. The summed E-state index contributed by atoms with van der Waals surface area (Å²) in [5.41, 5.74) is 7.84. The van der Waals surface area contributed by atoms with Gasteiger partial charge in [0.05, 0.1) is 16.5 Å². The van der Waals surface area contributed by atoms with Gasteiger partial charge < -0.3 is 5.73 Å². The second-order valence-electron chi connectivity index (χ2n) is 4.75. The number of hydrogen-bond acceptors (Lipinski definition) is 6. The smallest absolute Gasteiger partial charge is 0.309 e. The monoisotopic (exact) mass is 271 g/mol. The summed E-state index contributed by atoms with van der Waals surface area (Å²) in [5.74, 6) is -0.140. The molecule has 1 unspecified atom stereocenters. The van der Waals surface area contributed by atoms with Crippen molar-refractivity contribution in [2.24, 2.45) is 0 Å². The van der Waals surface area contributed by atoms with Gasteiger partial charge in [-0.2, -0.15) is 0 Å². The molecule has 0 saturated carbocycles. The van der Waals surface area contributed by atoms with Crippen LogP contribution in [0.15, 0.2) is 24.5 Å². The number of aromatic nitrogens is 3. The molecule has 0 aromatic carbocycles. The molecule has 0 amide bonds. The Balaban J connectivity index is 2.15. The third-order valence-electron chi connectivity index (χ3n) is 3.54. The summed E-state index contributed by atoms with van der Waals surface area (Å²) >= 11 is 0. The lowest BCUT2D eigenvalue weighted by molar-refractivity contribution is -0.386. The highest BCUT2D eigenvalue weighted by Crippen LogP contribution is 2.37. The van der Waals surface area contributed by atoms with Crippen LogP contribution in [0.4, 0.5) is 11.6 Å². The van der Waals surface area contributed by atoms with Crippen molar-refractivity contribution in [1.82, 2.24) is 15.0 Å². The number of nitrogen functional groups attached to an aromatic ring is 1. The topological polar surface area (TPSA) is 108 Å². The number of aryl methyl sites for hydroxylation is 1. The van der Waals surface area contributed by atoms with Crippen molar-refractivity contribution in [2.45, 2.75) is 25.2 Å². The molecule has 102 valence electrons. The summed E-state index contributed by atoms with van der Waals surface area (Å²) < 4.78 is 0. The van der Waals surface area contributed by atoms with E-state index in [-0.39, 0.29) is 17.6 Å². The highest BCUT2D eigenvalue weighted by molar-refractivity contribution is 5.44. The lowest BCUT2D eigenvalue weighted by Gasteiger charge is -2.23. The first-order valence-electron chi connectivity index (χ1n) is 6.37. The fourth-order valence-corrected chi connectivity index (χ4v) is 2.68. The van der Waals surface area contributed by atoms with E-state index >= 15 is 0 Å². The lowest BCUT2D eigenvalue weighted by Crippen LogP contribution is -2.16. The van der Waals surface area contributed by atoms with Crippen LogP contribution >= 0.6 is 0 Å². The maximum Gasteiger partial charge on any atom is 0.309 e. The fourth-order valence-electron chi connectivity index (χ4n) is 2.68. The van der Waals surface area contributed by atoms with Crippen molar-refractivity contribution in [3.05, 3.63) is 51.6 Å². The summed E-state index contributed by atoms with van der Waals surface area (Å²) in [6, 6.07) is 3.88. The minimum absolute atomic E-state index is 0.0497. The van der Waals surface area contributed by atoms with Gasteiger partial charge in [-0.3, -0.25) is 15.1 Å². The number of nitro groups is 1. The Labute approximate surface area is 115 Å². The van der Waals surface area contributed by atoms with Crippen LogP contribution in [0, 0.1) is 10.1 Å². The lowest BCUT2D eigenvalue weighted by atomic mass is 9.84. The first kappa shape index (κ1) is 12.5. The second-order valence-corrected chi connectivity index (χ2v) is 4.75. The molecular weight excluding hydrogens is 258 g/mol. The van der Waals surface area contributed by atoms with Crippen LogP contribution < -0.4 is 5.73 Å². The standard InChI is InChI=1S/C13H13N5O2/c14-13-16-7-10(18(19)20)12(17-13)9-5-1-3-8-4-2-6-15-11(8)9/h2,4,6-7,9H,1,3,5H2,(H2,14,16,17). The molecule has 1 atom stereocenters. The van der Waals surface area contributed by atoms with Crippen LogP contribution in [0.2, 0.25) is 0 Å². The van der Waals surface area contributed by atoms with Gasteiger partial charge in [-0.05, 0) is 30.9 Å². The molecule has 7 nitrogen and oxygen atoms in total. The third kappa shape index (κ3) is 2.07. The minimum Gasteiger partial charge on any atom is -0.368 e. The van der Waals surface area contributed by atoms with Crippen LogP contribution in [-0.2, 0) is 6.42 Å². The first-order valence-corrected chi connectivity index (χ1v) is 6.37. The molecule has 1 aliphatic rings. The molecule has 2 N–H and O–H groups in total. The van der Waals surface area contributed by atoms with E-state index in [4.69, 9.17) is 5.73 Å². The zero-order valence-electron chi connectivity index (χ0n) is 10.7. The summed E-state index contributed by atoms with van der Waals surface area (Å²) in [6.45, 7) is 0. The van der Waals surface area contributed by atoms with Crippen molar-refractivity contribution in [1.29, 1.82) is 0 Å². The van der Waals surface area contributed by atoms with Gasteiger partial charge in [0.15, 0.2) is 0 Å². The molecule has 3 rings (SSSR count). The Kier molecular flexibility index (Phi) is 3.02. The Bertz CT molecular complexity index is 674. The SMILES string of the molecule is Nc1ncc([N+](=O)[O-])c(C2CCCc3cccnc32)n1. The predicted molar refractivity (Wildman–Crippen MR) is 72.1 cm³/mol. The quantitative estimate of drug-likeness (QED) is 0.659. The maximum absolute atomic E-state index is 11.2. The number of pyridine rings is 1. The molecule has 1 aliphatic carbocycles. The largest absolute Gasteiger partial charge is 0.368 e. The molecule has 2 aromatic rings. The summed E-state index contributed by atoms with van der Waals surface area (Å²) in [6.07, 6.45) is 5.54. The van der Waals surface area contributed by atoms with E-state index in [9.17, 15) is 10.1 Å². The van der Waals surface area contributed by atoms with Crippen LogP contribution in [0.3, 0.4) is 0 Å². The number of nitrogens with zero attached hydrogens (tertiary/aromatic N) is 4. The molecule has 0 fully saturated rings. The van der Waals surface area contributed by atoms with E-state index in [1.165, 1.54) is 6.20 Å². The Morgan fingerprint density at radius 1 is 1.35 bits per heavy atom. The highest BCUT2D eigenvalue weighted by Gasteiger charge is 2.30. The number of fused-ring (bicyclic) bond motifs is 1. The van der Waals surface area contributed by atoms with E-state index < -0.39 is 4.92 Å². The van der Waals surface area contributed by atoms with E-state index in [2.05, 4.69) is 15.0 Å². The Hall–Kier alpha value is -2.57. The van der Waals surface area contributed by atoms with Gasteiger partial charge in [0, 0.05) is 6.20 Å². The van der Waals surface area contributed by atoms with Crippen molar-refractivity contribution >= 4 is 11.6 Å². The molecule has 0 aliphatic heterocycles. The van der Waals surface area contributed by atoms with Gasteiger partial charge in [-0.15, -0.1) is 0 Å². The van der Waals surface area contributed by atoms with Gasteiger partial charge >= 0.3 is 5.69 Å². The maximum atomic E-state index is 11.2. The van der Waals surface area contributed by atoms with Gasteiger partial charge in [-0.25, -0.2) is 9.97 Å². The van der Waals surface area contributed by atoms with Crippen LogP contribution in [-0.4, -0.2) is 19.9 Å². The molecule has 0 saturated heterocycles. The summed E-state index contributed by atoms with van der Waals surface area (Å²) in [7, 11) is 0. The Morgan fingerprint density at radius 2 is 2.20 bits per heavy atom. The van der Waals surface area contributed by atoms with Crippen LogP contribution in [0.1, 0.15) is 35.7 Å².